The summed E-state index contributed by atoms with van der Waals surface area (Å²) >= 11 is 0. The average molecular weight is 359 g/mol. The zero-order chi connectivity index (χ0) is 19.1. The molecule has 0 aliphatic rings. The first-order valence-electron chi connectivity index (χ1n) is 8.63. The van der Waals surface area contributed by atoms with Crippen molar-refractivity contribution in [3.8, 4) is 5.75 Å². The van der Waals surface area contributed by atoms with Gasteiger partial charge in [-0.3, -0.25) is 4.79 Å². The number of fused-ring (bicyclic) bond motifs is 1. The Kier molecular flexibility index (Phi) is 5.84. The summed E-state index contributed by atoms with van der Waals surface area (Å²) in [6.07, 6.45) is 3.71. The van der Waals surface area contributed by atoms with Crippen molar-refractivity contribution in [2.24, 2.45) is 5.10 Å². The van der Waals surface area contributed by atoms with Crippen LogP contribution in [-0.4, -0.2) is 23.8 Å². The highest BCUT2D eigenvalue weighted by molar-refractivity contribution is 5.88. The van der Waals surface area contributed by atoms with Gasteiger partial charge in [-0.05, 0) is 41.0 Å². The van der Waals surface area contributed by atoms with Gasteiger partial charge in [0.2, 0.25) is 0 Å². The minimum absolute atomic E-state index is 0.0954. The summed E-state index contributed by atoms with van der Waals surface area (Å²) in [4.78, 5) is 12.0. The molecule has 0 bridgehead atoms. The Labute approximate surface area is 158 Å². The predicted octanol–water partition coefficient (Wildman–Crippen LogP) is 3.84. The van der Waals surface area contributed by atoms with Crippen LogP contribution in [0.25, 0.3) is 10.8 Å². The van der Waals surface area contributed by atoms with Gasteiger partial charge in [0.15, 0.2) is 0 Å². The van der Waals surface area contributed by atoms with E-state index in [-0.39, 0.29) is 18.2 Å². The molecule has 3 aromatic rings. The summed E-state index contributed by atoms with van der Waals surface area (Å²) in [7, 11) is 0. The van der Waals surface area contributed by atoms with Gasteiger partial charge in [-0.2, -0.15) is 5.10 Å². The van der Waals surface area contributed by atoms with Gasteiger partial charge in [0.05, 0.1) is 12.8 Å². The van der Waals surface area contributed by atoms with Crippen LogP contribution in [0.3, 0.4) is 0 Å². The molecule has 0 atom stereocenters. The van der Waals surface area contributed by atoms with Crippen LogP contribution in [0.4, 0.5) is 5.69 Å². The van der Waals surface area contributed by atoms with Gasteiger partial charge in [-0.1, -0.05) is 48.5 Å². The first-order valence-corrected chi connectivity index (χ1v) is 8.63. The lowest BCUT2D eigenvalue weighted by Gasteiger charge is -2.07. The standard InChI is InChI=1S/C22H21N3O2/c1-2-6-17-9-5-10-19(22(17)27)14-24-25-21(26)15-23-20-12-11-16-7-3-4-8-18(16)13-20/h2-5,7-14,23,27H,1,6,15H2,(H,25,26). The van der Waals surface area contributed by atoms with Gasteiger partial charge in [0.25, 0.3) is 5.91 Å². The van der Waals surface area contributed by atoms with Crippen molar-refractivity contribution in [3.63, 3.8) is 0 Å². The molecule has 5 nitrogen and oxygen atoms in total. The number of benzene rings is 3. The van der Waals surface area contributed by atoms with E-state index in [0.717, 1.165) is 22.0 Å². The number of nitrogens with one attached hydrogen (secondary N) is 2. The van der Waals surface area contributed by atoms with Gasteiger partial charge in [0.1, 0.15) is 5.75 Å². The number of nitrogens with zero attached hydrogens (tertiary/aromatic N) is 1. The molecule has 0 saturated carbocycles. The molecule has 0 fully saturated rings. The van der Waals surface area contributed by atoms with E-state index in [1.165, 1.54) is 6.21 Å². The summed E-state index contributed by atoms with van der Waals surface area (Å²) in [6, 6.07) is 19.3. The molecule has 3 rings (SSSR count). The van der Waals surface area contributed by atoms with E-state index in [2.05, 4.69) is 22.4 Å². The summed E-state index contributed by atoms with van der Waals surface area (Å²) in [6.45, 7) is 3.76. The number of hydrogen-bond acceptors (Lipinski definition) is 4. The van der Waals surface area contributed by atoms with Crippen molar-refractivity contribution < 1.29 is 9.90 Å². The molecule has 0 unspecified atom stereocenters. The second kappa shape index (κ2) is 8.67. The Hall–Kier alpha value is -3.60. The van der Waals surface area contributed by atoms with Crippen molar-refractivity contribution in [2.45, 2.75) is 6.42 Å². The number of anilines is 1. The fraction of sp³-hybridized carbons (Fsp3) is 0.0909. The van der Waals surface area contributed by atoms with E-state index in [1.807, 2.05) is 54.6 Å². The minimum atomic E-state index is -0.277. The molecule has 0 spiro atoms. The Morgan fingerprint density at radius 3 is 2.70 bits per heavy atom. The molecule has 0 radical (unpaired) electrons. The molecule has 0 heterocycles. The van der Waals surface area contributed by atoms with E-state index < -0.39 is 0 Å². The van der Waals surface area contributed by atoms with Gasteiger partial charge in [0, 0.05) is 11.3 Å². The zero-order valence-corrected chi connectivity index (χ0v) is 14.9. The molecule has 5 heteroatoms. The van der Waals surface area contributed by atoms with E-state index in [1.54, 1.807) is 12.1 Å². The smallest absolute Gasteiger partial charge is 0.259 e. The lowest BCUT2D eigenvalue weighted by Crippen LogP contribution is -2.25. The number of carbonyl (C=O) groups excluding carboxylic acids is 1. The Balaban J connectivity index is 1.55. The number of hydrogen-bond donors (Lipinski definition) is 3. The molecule has 27 heavy (non-hydrogen) atoms. The van der Waals surface area contributed by atoms with Crippen molar-refractivity contribution in [2.75, 3.05) is 11.9 Å². The Morgan fingerprint density at radius 1 is 1.07 bits per heavy atom. The molecular formula is C22H21N3O2. The average Bonchev–Trinajstić information content (AvgIpc) is 2.69. The van der Waals surface area contributed by atoms with Crippen LogP contribution >= 0.6 is 0 Å². The molecule has 3 aromatic carbocycles. The largest absolute Gasteiger partial charge is 0.507 e. The molecule has 1 amide bonds. The van der Waals surface area contributed by atoms with Crippen molar-refractivity contribution in [1.82, 2.24) is 5.43 Å². The summed E-state index contributed by atoms with van der Waals surface area (Å²) < 4.78 is 0. The highest BCUT2D eigenvalue weighted by Gasteiger charge is 2.04. The quantitative estimate of drug-likeness (QED) is 0.341. The second-order valence-corrected chi connectivity index (χ2v) is 6.06. The normalized spacial score (nSPS) is 10.8. The summed E-state index contributed by atoms with van der Waals surface area (Å²) in [5, 5.41) is 19.4. The van der Waals surface area contributed by atoms with Gasteiger partial charge >= 0.3 is 0 Å². The number of hydrazone groups is 1. The number of amides is 1. The monoisotopic (exact) mass is 359 g/mol. The zero-order valence-electron chi connectivity index (χ0n) is 14.9. The van der Waals surface area contributed by atoms with Crippen molar-refractivity contribution >= 4 is 28.6 Å². The van der Waals surface area contributed by atoms with E-state index in [4.69, 9.17) is 0 Å². The molecule has 0 aliphatic carbocycles. The number of para-hydroxylation sites is 1. The van der Waals surface area contributed by atoms with Crippen LogP contribution in [-0.2, 0) is 11.2 Å². The lowest BCUT2D eigenvalue weighted by molar-refractivity contribution is -0.119. The maximum absolute atomic E-state index is 12.0. The third kappa shape index (κ3) is 4.73. The second-order valence-electron chi connectivity index (χ2n) is 6.06. The summed E-state index contributed by atoms with van der Waals surface area (Å²) in [5.74, 6) is -0.133. The van der Waals surface area contributed by atoms with Crippen LogP contribution in [0, 0.1) is 0 Å². The Bertz CT molecular complexity index is 996. The first kappa shape index (κ1) is 18.2. The maximum Gasteiger partial charge on any atom is 0.259 e. The minimum Gasteiger partial charge on any atom is -0.507 e. The molecule has 0 aliphatic heterocycles. The highest BCUT2D eigenvalue weighted by Crippen LogP contribution is 2.21. The predicted molar refractivity (Wildman–Crippen MR) is 110 cm³/mol. The van der Waals surface area contributed by atoms with E-state index in [9.17, 15) is 9.90 Å². The van der Waals surface area contributed by atoms with Crippen molar-refractivity contribution in [3.05, 3.63) is 84.4 Å². The number of carbonyl (C=O) groups is 1. The molecule has 3 N–H and O–H groups in total. The summed E-state index contributed by atoms with van der Waals surface area (Å²) in [5.41, 5.74) is 4.62. The highest BCUT2D eigenvalue weighted by atomic mass is 16.3. The van der Waals surface area contributed by atoms with Crippen LogP contribution in [0.2, 0.25) is 0 Å². The third-order valence-corrected chi connectivity index (χ3v) is 4.11. The van der Waals surface area contributed by atoms with E-state index >= 15 is 0 Å². The number of phenols is 1. The topological polar surface area (TPSA) is 73.7 Å². The van der Waals surface area contributed by atoms with Crippen LogP contribution < -0.4 is 10.7 Å². The number of allylic oxidation sites excluding steroid dienone is 1. The molecule has 136 valence electrons. The maximum atomic E-state index is 12.0. The lowest BCUT2D eigenvalue weighted by atomic mass is 10.1. The van der Waals surface area contributed by atoms with Crippen LogP contribution in [0.1, 0.15) is 11.1 Å². The Morgan fingerprint density at radius 2 is 1.89 bits per heavy atom. The number of aromatic hydroxyl groups is 1. The molecule has 0 saturated heterocycles. The van der Waals surface area contributed by atoms with E-state index in [0.29, 0.717) is 12.0 Å². The SMILES string of the molecule is C=CCc1cccc(C=NNC(=O)CNc2ccc3ccccc3c2)c1O. The van der Waals surface area contributed by atoms with Crippen LogP contribution in [0.5, 0.6) is 5.75 Å². The van der Waals surface area contributed by atoms with Gasteiger partial charge < -0.3 is 10.4 Å². The molecule has 0 aromatic heterocycles. The number of rotatable bonds is 7. The van der Waals surface area contributed by atoms with Crippen molar-refractivity contribution in [1.29, 1.82) is 0 Å². The fourth-order valence-electron chi connectivity index (χ4n) is 2.73. The molecular weight excluding hydrogens is 338 g/mol. The van der Waals surface area contributed by atoms with Crippen LogP contribution in [0.15, 0.2) is 78.4 Å². The fourth-order valence-corrected chi connectivity index (χ4v) is 2.73. The van der Waals surface area contributed by atoms with Gasteiger partial charge in [-0.25, -0.2) is 5.43 Å². The van der Waals surface area contributed by atoms with Gasteiger partial charge in [-0.15, -0.1) is 6.58 Å². The first-order chi connectivity index (χ1) is 13.2. The number of phenolic OH excluding ortho intramolecular Hbond substituents is 1. The third-order valence-electron chi connectivity index (χ3n) is 4.11.